The third-order valence-corrected chi connectivity index (χ3v) is 5.17. The lowest BCUT2D eigenvalue weighted by Crippen LogP contribution is -2.40. The highest BCUT2D eigenvalue weighted by molar-refractivity contribution is 4.87. The zero-order chi connectivity index (χ0) is 19.7. The molecule has 1 rings (SSSR count). The molecule has 3 N–H and O–H groups in total. The maximum absolute atomic E-state index is 9.93. The van der Waals surface area contributed by atoms with Crippen LogP contribution < -0.4 is 0 Å². The summed E-state index contributed by atoms with van der Waals surface area (Å²) in [6.45, 7) is 3.01. The zero-order valence-electron chi connectivity index (χ0n) is 17.2. The molecule has 0 bridgehead atoms. The Morgan fingerprint density at radius 2 is 1.52 bits per heavy atom. The molecular weight excluding hydrogens is 344 g/mol. The third-order valence-electron chi connectivity index (χ3n) is 5.17. The molecule has 0 saturated carbocycles. The molecule has 1 saturated heterocycles. The van der Waals surface area contributed by atoms with E-state index in [2.05, 4.69) is 19.1 Å². The highest BCUT2D eigenvalue weighted by atomic mass is 16.5. The Labute approximate surface area is 165 Å². The lowest BCUT2D eigenvalue weighted by Gasteiger charge is -2.20. The van der Waals surface area contributed by atoms with Gasteiger partial charge in [0.1, 0.15) is 24.4 Å². The molecule has 0 spiro atoms. The Morgan fingerprint density at radius 3 is 2.07 bits per heavy atom. The quantitative estimate of drug-likeness (QED) is 0.262. The monoisotopic (exact) mass is 386 g/mol. The first-order chi connectivity index (χ1) is 13.2. The van der Waals surface area contributed by atoms with Gasteiger partial charge in [0.2, 0.25) is 0 Å². The van der Waals surface area contributed by atoms with Gasteiger partial charge in [0.25, 0.3) is 0 Å². The fourth-order valence-corrected chi connectivity index (χ4v) is 3.43. The Bertz CT molecular complexity index is 361. The summed E-state index contributed by atoms with van der Waals surface area (Å²) in [5, 5.41) is 29.0. The molecule has 1 aliphatic rings. The van der Waals surface area contributed by atoms with Crippen molar-refractivity contribution in [2.24, 2.45) is 0 Å². The van der Waals surface area contributed by atoms with Crippen LogP contribution in [0.3, 0.4) is 0 Å². The predicted octanol–water partition coefficient (Wildman–Crippen LogP) is 3.74. The lowest BCUT2D eigenvalue weighted by atomic mass is 10.1. The zero-order valence-corrected chi connectivity index (χ0v) is 17.2. The van der Waals surface area contributed by atoms with Gasteiger partial charge >= 0.3 is 0 Å². The van der Waals surface area contributed by atoms with Crippen LogP contribution in [0.2, 0.25) is 0 Å². The summed E-state index contributed by atoms with van der Waals surface area (Å²) in [5.74, 6) is 0. The van der Waals surface area contributed by atoms with E-state index in [-0.39, 0.29) is 13.2 Å². The minimum absolute atomic E-state index is 0.0686. The number of ether oxygens (including phenoxy) is 2. The third kappa shape index (κ3) is 11.9. The summed E-state index contributed by atoms with van der Waals surface area (Å²) in [6.07, 6.45) is 16.2. The van der Waals surface area contributed by atoms with Gasteiger partial charge in [0.15, 0.2) is 0 Å². The molecule has 1 aliphatic heterocycles. The van der Waals surface area contributed by atoms with Crippen molar-refractivity contribution in [2.45, 2.75) is 108 Å². The summed E-state index contributed by atoms with van der Waals surface area (Å²) < 4.78 is 10.7. The van der Waals surface area contributed by atoms with E-state index in [0.29, 0.717) is 6.61 Å². The average molecular weight is 387 g/mol. The van der Waals surface area contributed by atoms with E-state index < -0.39 is 24.4 Å². The molecule has 0 amide bonds. The first-order valence-corrected chi connectivity index (χ1v) is 11.0. The van der Waals surface area contributed by atoms with Crippen LogP contribution in [0.1, 0.15) is 84.0 Å². The molecule has 27 heavy (non-hydrogen) atoms. The van der Waals surface area contributed by atoms with E-state index in [4.69, 9.17) is 9.47 Å². The molecule has 1 heterocycles. The highest BCUT2D eigenvalue weighted by Crippen LogP contribution is 2.18. The topological polar surface area (TPSA) is 79.2 Å². The van der Waals surface area contributed by atoms with E-state index in [1.165, 1.54) is 57.8 Å². The van der Waals surface area contributed by atoms with Gasteiger partial charge in [-0.25, -0.2) is 0 Å². The van der Waals surface area contributed by atoms with Crippen LogP contribution in [-0.2, 0) is 9.47 Å². The van der Waals surface area contributed by atoms with E-state index in [0.717, 1.165) is 19.3 Å². The van der Waals surface area contributed by atoms with Crippen LogP contribution in [0.15, 0.2) is 12.2 Å². The van der Waals surface area contributed by atoms with Gasteiger partial charge in [-0.3, -0.25) is 0 Å². The standard InChI is InChI=1S/C22H42O5/c1-2-3-4-5-6-7-8-9-10-11-12-13-14-15-16-26-17-20(24)22-21(25)19(23)18-27-22/h3-4,19-25H,2,5-18H2,1H3/b4-3+/t19-,20+,21+,22+/m1/s1. The maximum atomic E-state index is 9.93. The minimum Gasteiger partial charge on any atom is -0.388 e. The van der Waals surface area contributed by atoms with Gasteiger partial charge in [-0.1, -0.05) is 70.4 Å². The normalized spacial score (nSPS) is 24.1. The Balaban J connectivity index is 1.78. The molecule has 5 nitrogen and oxygen atoms in total. The fraction of sp³-hybridized carbons (Fsp3) is 0.909. The number of unbranched alkanes of at least 4 members (excludes halogenated alkanes) is 10. The average Bonchev–Trinajstić information content (AvgIpc) is 3.00. The van der Waals surface area contributed by atoms with Gasteiger partial charge in [-0.05, 0) is 25.7 Å². The molecule has 4 atom stereocenters. The lowest BCUT2D eigenvalue weighted by molar-refractivity contribution is -0.0813. The van der Waals surface area contributed by atoms with Crippen molar-refractivity contribution >= 4 is 0 Å². The van der Waals surface area contributed by atoms with Crippen LogP contribution in [0.4, 0.5) is 0 Å². The van der Waals surface area contributed by atoms with Crippen molar-refractivity contribution in [2.75, 3.05) is 19.8 Å². The van der Waals surface area contributed by atoms with Gasteiger partial charge in [-0.2, -0.15) is 0 Å². The molecule has 0 radical (unpaired) electrons. The highest BCUT2D eigenvalue weighted by Gasteiger charge is 2.39. The smallest absolute Gasteiger partial charge is 0.114 e. The second kappa shape index (κ2) is 16.5. The van der Waals surface area contributed by atoms with Gasteiger partial charge in [0.05, 0.1) is 13.2 Å². The summed E-state index contributed by atoms with van der Waals surface area (Å²) >= 11 is 0. The largest absolute Gasteiger partial charge is 0.388 e. The maximum Gasteiger partial charge on any atom is 0.114 e. The molecule has 0 aromatic carbocycles. The molecule has 160 valence electrons. The minimum atomic E-state index is -1.03. The van der Waals surface area contributed by atoms with Crippen molar-refractivity contribution in [3.63, 3.8) is 0 Å². The number of aliphatic hydroxyl groups excluding tert-OH is 3. The number of hydrogen-bond donors (Lipinski definition) is 3. The van der Waals surface area contributed by atoms with Gasteiger partial charge in [0, 0.05) is 6.61 Å². The molecule has 1 fully saturated rings. The summed E-state index contributed by atoms with van der Waals surface area (Å²) in [4.78, 5) is 0. The number of rotatable bonds is 17. The van der Waals surface area contributed by atoms with Gasteiger partial charge < -0.3 is 24.8 Å². The van der Waals surface area contributed by atoms with Crippen LogP contribution in [0.5, 0.6) is 0 Å². The summed E-state index contributed by atoms with van der Waals surface area (Å²) in [5.41, 5.74) is 0. The predicted molar refractivity (Wildman–Crippen MR) is 109 cm³/mol. The molecule has 0 aromatic heterocycles. The SMILES string of the molecule is CC/C=C/CCCCCCCCCCCCOC[C@H](O)[C@@H]1OC[C@@H](O)[C@@H]1O. The summed E-state index contributed by atoms with van der Waals surface area (Å²) in [6, 6.07) is 0. The van der Waals surface area contributed by atoms with Crippen LogP contribution in [-0.4, -0.2) is 59.6 Å². The second-order valence-electron chi connectivity index (χ2n) is 7.70. The van der Waals surface area contributed by atoms with E-state index in [1.807, 2.05) is 0 Å². The van der Waals surface area contributed by atoms with Crippen molar-refractivity contribution in [3.8, 4) is 0 Å². The second-order valence-corrected chi connectivity index (χ2v) is 7.70. The van der Waals surface area contributed by atoms with Gasteiger partial charge in [-0.15, -0.1) is 0 Å². The van der Waals surface area contributed by atoms with Crippen molar-refractivity contribution < 1.29 is 24.8 Å². The summed E-state index contributed by atoms with van der Waals surface area (Å²) in [7, 11) is 0. The van der Waals surface area contributed by atoms with Crippen LogP contribution >= 0.6 is 0 Å². The van der Waals surface area contributed by atoms with Crippen molar-refractivity contribution in [1.29, 1.82) is 0 Å². The molecule has 0 aromatic rings. The molecule has 5 heteroatoms. The van der Waals surface area contributed by atoms with E-state index in [9.17, 15) is 15.3 Å². The Hall–Kier alpha value is -0.460. The first kappa shape index (κ1) is 24.6. The molecule has 0 unspecified atom stereocenters. The van der Waals surface area contributed by atoms with Crippen molar-refractivity contribution in [1.82, 2.24) is 0 Å². The van der Waals surface area contributed by atoms with Crippen LogP contribution in [0, 0.1) is 0 Å². The Morgan fingerprint density at radius 1 is 0.926 bits per heavy atom. The number of hydrogen-bond acceptors (Lipinski definition) is 5. The van der Waals surface area contributed by atoms with E-state index in [1.54, 1.807) is 0 Å². The number of allylic oxidation sites excluding steroid dienone is 2. The van der Waals surface area contributed by atoms with Crippen LogP contribution in [0.25, 0.3) is 0 Å². The molecule has 0 aliphatic carbocycles. The Kier molecular flexibility index (Phi) is 15.0. The van der Waals surface area contributed by atoms with E-state index >= 15 is 0 Å². The first-order valence-electron chi connectivity index (χ1n) is 11.0. The van der Waals surface area contributed by atoms with Crippen molar-refractivity contribution in [3.05, 3.63) is 12.2 Å². The molecular formula is C22H42O5. The fourth-order valence-electron chi connectivity index (χ4n) is 3.43. The number of aliphatic hydroxyl groups is 3.